The van der Waals surface area contributed by atoms with Crippen molar-refractivity contribution in [2.75, 3.05) is 6.61 Å². The highest BCUT2D eigenvalue weighted by Crippen LogP contribution is 2.34. The highest BCUT2D eigenvalue weighted by Gasteiger charge is 2.17. The van der Waals surface area contributed by atoms with Crippen molar-refractivity contribution in [3.8, 4) is 11.5 Å². The van der Waals surface area contributed by atoms with Crippen LogP contribution in [-0.2, 0) is 30.7 Å². The Labute approximate surface area is 200 Å². The molecule has 0 saturated carbocycles. The number of aromatic nitrogens is 1. The molecule has 1 atom stereocenters. The van der Waals surface area contributed by atoms with Gasteiger partial charge in [0, 0.05) is 23.5 Å². The van der Waals surface area contributed by atoms with Gasteiger partial charge in [-0.1, -0.05) is 67.9 Å². The van der Waals surface area contributed by atoms with E-state index >= 15 is 0 Å². The number of aliphatic hydroxyl groups is 1. The second kappa shape index (κ2) is 11.2. The van der Waals surface area contributed by atoms with Gasteiger partial charge in [0.1, 0.15) is 11.5 Å². The highest BCUT2D eigenvalue weighted by atomic mass is 16.5. The third kappa shape index (κ3) is 5.61. The van der Waals surface area contributed by atoms with Crippen molar-refractivity contribution in [2.24, 2.45) is 0 Å². The zero-order valence-corrected chi connectivity index (χ0v) is 19.7. The molecule has 1 heterocycles. The lowest BCUT2D eigenvalue weighted by Crippen LogP contribution is -2.18. The number of phenols is 2. The molecular weight excluding hydrogens is 426 g/mol. The number of phenolic OH excluding ortho intramolecular Hbond substituents is 2. The first-order valence-electron chi connectivity index (χ1n) is 12.0. The van der Waals surface area contributed by atoms with E-state index in [4.69, 9.17) is 4.74 Å². The van der Waals surface area contributed by atoms with Gasteiger partial charge in [-0.2, -0.15) is 0 Å². The van der Waals surface area contributed by atoms with Crippen LogP contribution in [0.25, 0.3) is 10.9 Å². The maximum absolute atomic E-state index is 10.8. The predicted octanol–water partition coefficient (Wildman–Crippen LogP) is 5.56. The number of para-hydroxylation sites is 1. The van der Waals surface area contributed by atoms with Crippen LogP contribution in [0.3, 0.4) is 0 Å². The lowest BCUT2D eigenvalue weighted by molar-refractivity contribution is 0.0290. The number of aryl methyl sites for hydroxylation is 1. The average molecular weight is 460 g/mol. The molecule has 0 spiro atoms. The topological polar surface area (TPSA) is 74.9 Å². The molecule has 34 heavy (non-hydrogen) atoms. The monoisotopic (exact) mass is 459 g/mol. The van der Waals surface area contributed by atoms with Gasteiger partial charge in [0.2, 0.25) is 0 Å². The van der Waals surface area contributed by atoms with Crippen LogP contribution in [-0.4, -0.2) is 32.6 Å². The molecule has 1 aromatic heterocycles. The summed E-state index contributed by atoms with van der Waals surface area (Å²) >= 11 is 0. The van der Waals surface area contributed by atoms with Crippen molar-refractivity contribution >= 4 is 10.9 Å². The number of aromatic hydroxyl groups is 2. The lowest BCUT2D eigenvalue weighted by Gasteiger charge is -2.13. The summed E-state index contributed by atoms with van der Waals surface area (Å²) in [7, 11) is 0. The van der Waals surface area contributed by atoms with Crippen molar-refractivity contribution in [3.63, 3.8) is 0 Å². The molecule has 0 radical (unpaired) electrons. The van der Waals surface area contributed by atoms with E-state index in [-0.39, 0.29) is 18.1 Å². The zero-order chi connectivity index (χ0) is 23.9. The first-order valence-corrected chi connectivity index (χ1v) is 12.0. The molecule has 3 aromatic carbocycles. The smallest absolute Gasteiger partial charge is 0.127 e. The summed E-state index contributed by atoms with van der Waals surface area (Å²) in [6.45, 7) is 3.17. The van der Waals surface area contributed by atoms with E-state index in [0.717, 1.165) is 46.9 Å². The Kier molecular flexibility index (Phi) is 7.88. The summed E-state index contributed by atoms with van der Waals surface area (Å²) in [5.41, 5.74) is 4.46. The van der Waals surface area contributed by atoms with Crippen LogP contribution in [0.1, 0.15) is 42.0 Å². The van der Waals surface area contributed by atoms with E-state index in [1.165, 1.54) is 0 Å². The van der Waals surface area contributed by atoms with E-state index in [2.05, 4.69) is 6.92 Å². The molecule has 0 aliphatic heterocycles. The molecule has 3 N–H and O–H groups in total. The largest absolute Gasteiger partial charge is 0.507 e. The van der Waals surface area contributed by atoms with E-state index in [0.29, 0.717) is 25.1 Å². The van der Waals surface area contributed by atoms with Crippen LogP contribution in [0.15, 0.2) is 72.9 Å². The first kappa shape index (κ1) is 23.9. The van der Waals surface area contributed by atoms with E-state index in [1.807, 2.05) is 65.4 Å². The molecule has 178 valence electrons. The molecule has 0 saturated heterocycles. The number of unbranched alkanes of at least 4 members (excludes halogenated alkanes) is 1. The van der Waals surface area contributed by atoms with Gasteiger partial charge < -0.3 is 24.6 Å². The molecular formula is C29H33NO4. The van der Waals surface area contributed by atoms with E-state index in [9.17, 15) is 15.3 Å². The summed E-state index contributed by atoms with van der Waals surface area (Å²) in [5.74, 6) is 0.258. The highest BCUT2D eigenvalue weighted by molar-refractivity contribution is 5.84. The fraction of sp³-hybridized carbons (Fsp3) is 0.310. The van der Waals surface area contributed by atoms with Gasteiger partial charge in [-0.05, 0) is 41.7 Å². The normalized spacial score (nSPS) is 12.3. The summed E-state index contributed by atoms with van der Waals surface area (Å²) in [6, 6.07) is 21.4. The number of rotatable bonds is 11. The molecule has 0 amide bonds. The Morgan fingerprint density at radius 2 is 1.68 bits per heavy atom. The van der Waals surface area contributed by atoms with Crippen LogP contribution in [0.4, 0.5) is 0 Å². The summed E-state index contributed by atoms with van der Waals surface area (Å²) in [6.07, 6.45) is 4.63. The third-order valence-corrected chi connectivity index (χ3v) is 6.22. The molecule has 0 fully saturated rings. The lowest BCUT2D eigenvalue weighted by atomic mass is 10.0. The molecule has 4 rings (SSSR count). The van der Waals surface area contributed by atoms with Crippen molar-refractivity contribution in [1.29, 1.82) is 0 Å². The molecule has 5 heteroatoms. The number of hydrogen-bond donors (Lipinski definition) is 3. The minimum absolute atomic E-state index is 0.0893. The third-order valence-electron chi connectivity index (χ3n) is 6.22. The van der Waals surface area contributed by atoms with Gasteiger partial charge >= 0.3 is 0 Å². The average Bonchev–Trinajstić information content (AvgIpc) is 3.19. The van der Waals surface area contributed by atoms with E-state index in [1.54, 1.807) is 12.1 Å². The van der Waals surface area contributed by atoms with Gasteiger partial charge in [-0.3, -0.25) is 0 Å². The molecule has 0 aliphatic rings. The Bertz CT molecular complexity index is 1220. The summed E-state index contributed by atoms with van der Waals surface area (Å²) in [5, 5.41) is 33.0. The minimum atomic E-state index is -0.637. The number of benzene rings is 3. The number of aliphatic hydroxyl groups excluding tert-OH is 1. The summed E-state index contributed by atoms with van der Waals surface area (Å²) in [4.78, 5) is 0. The Morgan fingerprint density at radius 3 is 2.47 bits per heavy atom. The maximum atomic E-state index is 10.8. The maximum Gasteiger partial charge on any atom is 0.127 e. The molecule has 0 unspecified atom stereocenters. The predicted molar refractivity (Wildman–Crippen MR) is 135 cm³/mol. The number of ether oxygens (including phenoxy) is 1. The van der Waals surface area contributed by atoms with Gasteiger partial charge in [0.05, 0.1) is 31.4 Å². The fourth-order valence-corrected chi connectivity index (χ4v) is 4.39. The minimum Gasteiger partial charge on any atom is -0.507 e. The molecule has 0 aliphatic carbocycles. The molecule has 0 bridgehead atoms. The number of nitrogens with zero attached hydrogens (tertiary/aromatic N) is 1. The molecule has 4 aromatic rings. The van der Waals surface area contributed by atoms with Crippen LogP contribution < -0.4 is 0 Å². The van der Waals surface area contributed by atoms with E-state index < -0.39 is 6.10 Å². The zero-order valence-electron chi connectivity index (χ0n) is 19.7. The Balaban J connectivity index is 1.51. The fourth-order valence-electron chi connectivity index (χ4n) is 4.39. The van der Waals surface area contributed by atoms with Crippen LogP contribution in [0.2, 0.25) is 0 Å². The van der Waals surface area contributed by atoms with Gasteiger partial charge in [0.15, 0.2) is 0 Å². The Morgan fingerprint density at radius 1 is 0.912 bits per heavy atom. The van der Waals surface area contributed by atoms with Crippen LogP contribution in [0, 0.1) is 0 Å². The van der Waals surface area contributed by atoms with Gasteiger partial charge in [0.25, 0.3) is 0 Å². The number of hydrogen-bond acceptors (Lipinski definition) is 4. The molecule has 5 nitrogen and oxygen atoms in total. The van der Waals surface area contributed by atoms with Crippen molar-refractivity contribution in [2.45, 2.75) is 51.9 Å². The first-order chi connectivity index (χ1) is 16.6. The van der Waals surface area contributed by atoms with Crippen molar-refractivity contribution in [1.82, 2.24) is 4.57 Å². The SMILES string of the molecule is CCCCc1ccc(O)c(Cn2cc(C[C@H](O)COCc3ccccc3)c3ccccc32)c1O. The van der Waals surface area contributed by atoms with Crippen molar-refractivity contribution in [3.05, 3.63) is 95.2 Å². The van der Waals surface area contributed by atoms with Gasteiger partial charge in [-0.25, -0.2) is 0 Å². The summed E-state index contributed by atoms with van der Waals surface area (Å²) < 4.78 is 7.75. The standard InChI is InChI=1S/C29H33NO4/c1-2-3-11-22-14-15-28(32)26(29(22)33)18-30-17-23(25-12-7-8-13-27(25)30)16-24(31)20-34-19-21-9-5-4-6-10-21/h4-10,12-15,17,24,31-33H,2-3,11,16,18-20H2,1H3/t24-/m0/s1. The van der Waals surface area contributed by atoms with Crippen LogP contribution in [0.5, 0.6) is 11.5 Å². The van der Waals surface area contributed by atoms with Crippen LogP contribution >= 0.6 is 0 Å². The second-order valence-corrected chi connectivity index (χ2v) is 8.83. The quantitative estimate of drug-likeness (QED) is 0.274. The number of fused-ring (bicyclic) bond motifs is 1. The second-order valence-electron chi connectivity index (χ2n) is 8.83. The van der Waals surface area contributed by atoms with Gasteiger partial charge in [-0.15, -0.1) is 0 Å². The Hall–Kier alpha value is -3.28. The van der Waals surface area contributed by atoms with Crippen molar-refractivity contribution < 1.29 is 20.1 Å².